The van der Waals surface area contributed by atoms with Crippen LogP contribution in [0.15, 0.2) is 60.7 Å². The molecular weight excluding hydrogens is 388 g/mol. The Morgan fingerprint density at radius 2 is 1.97 bits per heavy atom. The summed E-state index contributed by atoms with van der Waals surface area (Å²) in [5, 5.41) is 29.3. The maximum atomic E-state index is 12.4. The molecule has 2 atom stereocenters. The Morgan fingerprint density at radius 1 is 1.23 bits per heavy atom. The minimum absolute atomic E-state index is 0.114. The normalized spacial score (nSPS) is 12.6. The van der Waals surface area contributed by atoms with Crippen LogP contribution >= 0.6 is 0 Å². The molecule has 8 nitrogen and oxygen atoms in total. The fourth-order valence-corrected chi connectivity index (χ4v) is 2.65. The van der Waals surface area contributed by atoms with Crippen molar-refractivity contribution in [3.8, 4) is 11.8 Å². The van der Waals surface area contributed by atoms with Gasteiger partial charge in [-0.2, -0.15) is 5.26 Å². The molecule has 0 unspecified atom stereocenters. The van der Waals surface area contributed by atoms with Gasteiger partial charge in [-0.05, 0) is 42.0 Å². The summed E-state index contributed by atoms with van der Waals surface area (Å²) in [4.78, 5) is 23.3. The van der Waals surface area contributed by atoms with Crippen LogP contribution in [0.4, 0.5) is 10.5 Å². The van der Waals surface area contributed by atoms with Crippen molar-refractivity contribution in [2.24, 2.45) is 5.92 Å². The van der Waals surface area contributed by atoms with Gasteiger partial charge in [-0.15, -0.1) is 0 Å². The van der Waals surface area contributed by atoms with Crippen molar-refractivity contribution in [2.75, 3.05) is 18.5 Å². The van der Waals surface area contributed by atoms with Crippen LogP contribution in [0.25, 0.3) is 0 Å². The number of nitrogens with one attached hydrogen (secondary N) is 1. The van der Waals surface area contributed by atoms with Gasteiger partial charge in [-0.1, -0.05) is 25.1 Å². The molecule has 0 fully saturated rings. The second-order valence-corrected chi connectivity index (χ2v) is 6.34. The van der Waals surface area contributed by atoms with E-state index in [0.717, 1.165) is 6.08 Å². The van der Waals surface area contributed by atoms with E-state index >= 15 is 0 Å². The molecule has 0 saturated heterocycles. The molecule has 0 aliphatic rings. The molecule has 0 aromatic heterocycles. The standard InChI is InChI=1S/C22H22N2O6/c1-15(5-10-20(26)27)21(17-3-2-4-19(13-17)29-12-11-25)30-22(28)24-18-8-6-16(14-23)7-9-18/h2-10,13,15,21,25H,11-12H2,1H3,(H,24,28)(H,26,27)/b10-5+/t15-,21+/m0/s1. The number of anilines is 1. The number of carbonyl (C=O) groups excluding carboxylic acids is 1. The SMILES string of the molecule is C[C@@H](/C=C/C(=O)O)[C@@H](OC(=O)Nc1ccc(C#N)cc1)c1cccc(OCCO)c1. The Morgan fingerprint density at radius 3 is 2.60 bits per heavy atom. The number of hydrogen-bond donors (Lipinski definition) is 3. The maximum absolute atomic E-state index is 12.4. The fraction of sp³-hybridized carbons (Fsp3) is 0.227. The maximum Gasteiger partial charge on any atom is 0.412 e. The number of carboxylic acid groups (broad SMARTS) is 1. The van der Waals surface area contributed by atoms with Crippen LogP contribution in [0, 0.1) is 17.2 Å². The van der Waals surface area contributed by atoms with Crippen LogP contribution in [0.1, 0.15) is 24.2 Å². The predicted molar refractivity (Wildman–Crippen MR) is 109 cm³/mol. The third-order valence-corrected chi connectivity index (χ3v) is 4.06. The molecule has 0 heterocycles. The van der Waals surface area contributed by atoms with Gasteiger partial charge in [0.25, 0.3) is 0 Å². The van der Waals surface area contributed by atoms with Crippen molar-refractivity contribution >= 4 is 17.7 Å². The molecule has 3 N–H and O–H groups in total. The van der Waals surface area contributed by atoms with E-state index in [1.807, 2.05) is 6.07 Å². The van der Waals surface area contributed by atoms with Gasteiger partial charge in [0.05, 0.1) is 18.2 Å². The van der Waals surface area contributed by atoms with E-state index in [0.29, 0.717) is 22.6 Å². The number of aliphatic carboxylic acids is 1. The molecule has 2 aromatic rings. The van der Waals surface area contributed by atoms with Crippen molar-refractivity contribution in [3.63, 3.8) is 0 Å². The summed E-state index contributed by atoms with van der Waals surface area (Å²) < 4.78 is 11.0. The first-order valence-corrected chi connectivity index (χ1v) is 9.15. The third kappa shape index (κ3) is 6.96. The number of rotatable bonds is 9. The third-order valence-electron chi connectivity index (χ3n) is 4.06. The summed E-state index contributed by atoms with van der Waals surface area (Å²) in [6, 6.07) is 15.1. The quantitative estimate of drug-likeness (QED) is 0.540. The molecule has 0 spiro atoms. The zero-order valence-corrected chi connectivity index (χ0v) is 16.3. The molecule has 2 aromatic carbocycles. The predicted octanol–water partition coefficient (Wildman–Crippen LogP) is 3.50. The van der Waals surface area contributed by atoms with Gasteiger partial charge < -0.3 is 19.7 Å². The number of ether oxygens (including phenoxy) is 2. The number of carbonyl (C=O) groups is 2. The molecule has 0 saturated carbocycles. The summed E-state index contributed by atoms with van der Waals surface area (Å²) in [5.74, 6) is -1.08. The number of amides is 1. The van der Waals surface area contributed by atoms with E-state index in [2.05, 4.69) is 5.32 Å². The van der Waals surface area contributed by atoms with Crippen LogP contribution in [0.2, 0.25) is 0 Å². The van der Waals surface area contributed by atoms with Crippen molar-refractivity contribution in [1.82, 2.24) is 0 Å². The van der Waals surface area contributed by atoms with Crippen molar-refractivity contribution in [2.45, 2.75) is 13.0 Å². The zero-order valence-electron chi connectivity index (χ0n) is 16.3. The smallest absolute Gasteiger partial charge is 0.412 e. The van der Waals surface area contributed by atoms with Crippen molar-refractivity contribution in [3.05, 3.63) is 71.8 Å². The summed E-state index contributed by atoms with van der Waals surface area (Å²) in [6.45, 7) is 1.69. The lowest BCUT2D eigenvalue weighted by Gasteiger charge is -2.23. The largest absolute Gasteiger partial charge is 0.491 e. The van der Waals surface area contributed by atoms with Gasteiger partial charge in [-0.3, -0.25) is 5.32 Å². The second-order valence-electron chi connectivity index (χ2n) is 6.34. The van der Waals surface area contributed by atoms with Crippen LogP contribution in [-0.2, 0) is 9.53 Å². The van der Waals surface area contributed by atoms with Crippen molar-refractivity contribution < 1.29 is 29.3 Å². The fourth-order valence-electron chi connectivity index (χ4n) is 2.65. The van der Waals surface area contributed by atoms with Crippen molar-refractivity contribution in [1.29, 1.82) is 5.26 Å². The molecule has 156 valence electrons. The lowest BCUT2D eigenvalue weighted by Crippen LogP contribution is -2.21. The zero-order chi connectivity index (χ0) is 21.9. The van der Waals surface area contributed by atoms with E-state index in [9.17, 15) is 9.59 Å². The first kappa shape index (κ1) is 22.5. The Balaban J connectivity index is 2.21. The Bertz CT molecular complexity index is 933. The lowest BCUT2D eigenvalue weighted by molar-refractivity contribution is -0.131. The molecule has 8 heteroatoms. The highest BCUT2D eigenvalue weighted by molar-refractivity contribution is 5.85. The van der Waals surface area contributed by atoms with E-state index in [4.69, 9.17) is 24.9 Å². The topological polar surface area (TPSA) is 129 Å². The van der Waals surface area contributed by atoms with E-state index < -0.39 is 24.1 Å². The van der Waals surface area contributed by atoms with Crippen LogP contribution in [0.3, 0.4) is 0 Å². The van der Waals surface area contributed by atoms with Gasteiger partial charge >= 0.3 is 12.1 Å². The van der Waals surface area contributed by atoms with Crippen LogP contribution < -0.4 is 10.1 Å². The van der Waals surface area contributed by atoms with Gasteiger partial charge in [0.1, 0.15) is 18.5 Å². The molecule has 1 amide bonds. The number of aliphatic hydroxyl groups excluding tert-OH is 1. The molecule has 0 bridgehead atoms. The minimum atomic E-state index is -1.11. The first-order chi connectivity index (χ1) is 14.4. The monoisotopic (exact) mass is 410 g/mol. The Labute approximate surface area is 174 Å². The highest BCUT2D eigenvalue weighted by atomic mass is 16.6. The Hall–Kier alpha value is -3.83. The molecule has 2 rings (SSSR count). The number of nitriles is 1. The van der Waals surface area contributed by atoms with Crippen LogP contribution in [0.5, 0.6) is 5.75 Å². The average molecular weight is 410 g/mol. The number of benzene rings is 2. The lowest BCUT2D eigenvalue weighted by atomic mass is 9.96. The van der Waals surface area contributed by atoms with Gasteiger partial charge in [0.2, 0.25) is 0 Å². The summed E-state index contributed by atoms with van der Waals surface area (Å²) in [7, 11) is 0. The average Bonchev–Trinajstić information content (AvgIpc) is 2.75. The summed E-state index contributed by atoms with van der Waals surface area (Å²) in [6.07, 6.45) is 0.896. The molecule has 0 aliphatic heterocycles. The van der Waals surface area contributed by atoms with Crippen LogP contribution in [-0.4, -0.2) is 35.5 Å². The molecular formula is C22H22N2O6. The molecule has 0 aliphatic carbocycles. The van der Waals surface area contributed by atoms with Gasteiger partial charge in [0, 0.05) is 17.7 Å². The molecule has 0 radical (unpaired) electrons. The summed E-state index contributed by atoms with van der Waals surface area (Å²) in [5.41, 5.74) is 1.51. The van der Waals surface area contributed by atoms with E-state index in [1.54, 1.807) is 55.5 Å². The number of aliphatic hydroxyl groups is 1. The highest BCUT2D eigenvalue weighted by Crippen LogP contribution is 2.30. The van der Waals surface area contributed by atoms with E-state index in [-0.39, 0.29) is 13.2 Å². The highest BCUT2D eigenvalue weighted by Gasteiger charge is 2.23. The Kier molecular flexibility index (Phi) is 8.41. The van der Waals surface area contributed by atoms with Gasteiger partial charge in [0.15, 0.2) is 0 Å². The van der Waals surface area contributed by atoms with E-state index in [1.165, 1.54) is 6.08 Å². The number of carboxylic acids is 1. The first-order valence-electron chi connectivity index (χ1n) is 9.15. The molecule has 30 heavy (non-hydrogen) atoms. The minimum Gasteiger partial charge on any atom is -0.491 e. The number of nitrogens with zero attached hydrogens (tertiary/aromatic N) is 1. The summed E-state index contributed by atoms with van der Waals surface area (Å²) >= 11 is 0. The second kappa shape index (κ2) is 11.2. The van der Waals surface area contributed by atoms with Gasteiger partial charge in [-0.25, -0.2) is 9.59 Å². The number of hydrogen-bond acceptors (Lipinski definition) is 6.